The predicted octanol–water partition coefficient (Wildman–Crippen LogP) is 3.48. The Labute approximate surface area is 122 Å². The molecule has 1 aliphatic carbocycles. The molecule has 1 aliphatic rings. The third-order valence-electron chi connectivity index (χ3n) is 3.15. The molecule has 2 atom stereocenters. The van der Waals surface area contributed by atoms with Crippen LogP contribution in [-0.4, -0.2) is 23.1 Å². The standard InChI is InChI=1S/C16H28O4/c1-15(2,3)19-13(17)11-8-7-9-12(10-11)14(18)20-16(4,5)6/h11-12H,7-10H2,1-6H3. The summed E-state index contributed by atoms with van der Waals surface area (Å²) >= 11 is 0. The van der Waals surface area contributed by atoms with Gasteiger partial charge in [-0.1, -0.05) is 6.42 Å². The van der Waals surface area contributed by atoms with Crippen LogP contribution in [0.1, 0.15) is 67.2 Å². The van der Waals surface area contributed by atoms with E-state index in [1.807, 2.05) is 41.5 Å². The molecule has 0 aromatic rings. The summed E-state index contributed by atoms with van der Waals surface area (Å²) in [5.41, 5.74) is -0.952. The van der Waals surface area contributed by atoms with Crippen LogP contribution in [0.25, 0.3) is 0 Å². The molecule has 2 unspecified atom stereocenters. The number of hydrogen-bond donors (Lipinski definition) is 0. The van der Waals surface area contributed by atoms with E-state index in [-0.39, 0.29) is 23.8 Å². The number of esters is 2. The Morgan fingerprint density at radius 3 is 1.45 bits per heavy atom. The fourth-order valence-electron chi connectivity index (χ4n) is 2.39. The summed E-state index contributed by atoms with van der Waals surface area (Å²) < 4.78 is 10.8. The molecule has 0 N–H and O–H groups in total. The van der Waals surface area contributed by atoms with Crippen molar-refractivity contribution in [1.82, 2.24) is 0 Å². The Morgan fingerprint density at radius 2 is 1.15 bits per heavy atom. The van der Waals surface area contributed by atoms with E-state index in [1.165, 1.54) is 0 Å². The van der Waals surface area contributed by atoms with Crippen molar-refractivity contribution in [3.63, 3.8) is 0 Å². The first-order chi connectivity index (χ1) is 8.98. The molecule has 1 fully saturated rings. The molecule has 0 aromatic heterocycles. The largest absolute Gasteiger partial charge is 0.460 e. The molecule has 0 aromatic carbocycles. The molecule has 0 heterocycles. The summed E-state index contributed by atoms with van der Waals surface area (Å²) in [6.45, 7) is 11.2. The van der Waals surface area contributed by atoms with Crippen LogP contribution in [0.5, 0.6) is 0 Å². The van der Waals surface area contributed by atoms with Gasteiger partial charge in [-0.25, -0.2) is 0 Å². The second-order valence-corrected chi connectivity index (χ2v) is 7.63. The molecule has 0 bridgehead atoms. The second-order valence-electron chi connectivity index (χ2n) is 7.63. The van der Waals surface area contributed by atoms with Gasteiger partial charge in [0, 0.05) is 0 Å². The molecule has 0 radical (unpaired) electrons. The van der Waals surface area contributed by atoms with E-state index in [2.05, 4.69) is 0 Å². The number of carbonyl (C=O) groups is 2. The van der Waals surface area contributed by atoms with E-state index in [0.717, 1.165) is 19.3 Å². The minimum absolute atomic E-state index is 0.180. The van der Waals surface area contributed by atoms with Crippen molar-refractivity contribution in [3.05, 3.63) is 0 Å². The third-order valence-corrected chi connectivity index (χ3v) is 3.15. The molecular weight excluding hydrogens is 256 g/mol. The van der Waals surface area contributed by atoms with E-state index in [1.54, 1.807) is 0 Å². The monoisotopic (exact) mass is 284 g/mol. The number of rotatable bonds is 2. The zero-order valence-corrected chi connectivity index (χ0v) is 13.6. The molecule has 116 valence electrons. The van der Waals surface area contributed by atoms with Crippen LogP contribution in [0, 0.1) is 11.8 Å². The number of hydrogen-bond acceptors (Lipinski definition) is 4. The lowest BCUT2D eigenvalue weighted by atomic mass is 9.81. The van der Waals surface area contributed by atoms with Crippen LogP contribution in [0.4, 0.5) is 0 Å². The van der Waals surface area contributed by atoms with Gasteiger partial charge in [0.2, 0.25) is 0 Å². The molecule has 0 amide bonds. The summed E-state index contributed by atoms with van der Waals surface area (Å²) in [5, 5.41) is 0. The summed E-state index contributed by atoms with van der Waals surface area (Å²) in [6.07, 6.45) is 3.01. The van der Waals surface area contributed by atoms with Crippen molar-refractivity contribution in [2.75, 3.05) is 0 Å². The maximum absolute atomic E-state index is 12.1. The van der Waals surface area contributed by atoms with Crippen molar-refractivity contribution < 1.29 is 19.1 Å². The minimum atomic E-state index is -0.476. The first-order valence-corrected chi connectivity index (χ1v) is 7.44. The minimum Gasteiger partial charge on any atom is -0.460 e. The first-order valence-electron chi connectivity index (χ1n) is 7.44. The lowest BCUT2D eigenvalue weighted by molar-refractivity contribution is -0.166. The predicted molar refractivity (Wildman–Crippen MR) is 77.1 cm³/mol. The molecule has 0 aliphatic heterocycles. The van der Waals surface area contributed by atoms with Gasteiger partial charge in [-0.15, -0.1) is 0 Å². The zero-order valence-electron chi connectivity index (χ0n) is 13.6. The Bertz CT molecular complexity index is 326. The lowest BCUT2D eigenvalue weighted by Crippen LogP contribution is -2.35. The molecule has 1 rings (SSSR count). The van der Waals surface area contributed by atoms with Gasteiger partial charge in [-0.05, 0) is 60.8 Å². The highest BCUT2D eigenvalue weighted by atomic mass is 16.6. The highest BCUT2D eigenvalue weighted by Gasteiger charge is 2.35. The average Bonchev–Trinajstić information content (AvgIpc) is 2.24. The van der Waals surface area contributed by atoms with E-state index in [4.69, 9.17) is 9.47 Å². The summed E-state index contributed by atoms with van der Waals surface area (Å²) in [4.78, 5) is 24.2. The topological polar surface area (TPSA) is 52.6 Å². The highest BCUT2D eigenvalue weighted by molar-refractivity contribution is 5.77. The van der Waals surface area contributed by atoms with E-state index >= 15 is 0 Å². The lowest BCUT2D eigenvalue weighted by Gasteiger charge is -2.31. The quantitative estimate of drug-likeness (QED) is 0.728. The Hall–Kier alpha value is -1.06. The normalized spacial score (nSPS) is 24.1. The molecule has 1 saturated carbocycles. The Morgan fingerprint density at radius 1 is 0.800 bits per heavy atom. The molecular formula is C16H28O4. The third kappa shape index (κ3) is 5.93. The van der Waals surface area contributed by atoms with Gasteiger partial charge < -0.3 is 9.47 Å². The SMILES string of the molecule is CC(C)(C)OC(=O)C1CCCC(C(=O)OC(C)(C)C)C1. The van der Waals surface area contributed by atoms with Crippen molar-refractivity contribution in [1.29, 1.82) is 0 Å². The fraction of sp³-hybridized carbons (Fsp3) is 0.875. The zero-order chi connectivity index (χ0) is 15.6. The van der Waals surface area contributed by atoms with Crippen molar-refractivity contribution in [3.8, 4) is 0 Å². The molecule has 0 saturated heterocycles. The molecule has 0 spiro atoms. The van der Waals surface area contributed by atoms with Gasteiger partial charge in [0.05, 0.1) is 11.8 Å². The smallest absolute Gasteiger partial charge is 0.309 e. The van der Waals surface area contributed by atoms with Crippen LogP contribution in [0.15, 0.2) is 0 Å². The van der Waals surface area contributed by atoms with Gasteiger partial charge in [-0.3, -0.25) is 9.59 Å². The van der Waals surface area contributed by atoms with Crippen molar-refractivity contribution >= 4 is 11.9 Å². The summed E-state index contributed by atoms with van der Waals surface area (Å²) in [6, 6.07) is 0. The maximum atomic E-state index is 12.1. The van der Waals surface area contributed by atoms with Crippen LogP contribution in [0.3, 0.4) is 0 Å². The van der Waals surface area contributed by atoms with Crippen LogP contribution in [0.2, 0.25) is 0 Å². The van der Waals surface area contributed by atoms with Crippen LogP contribution >= 0.6 is 0 Å². The van der Waals surface area contributed by atoms with Gasteiger partial charge in [0.15, 0.2) is 0 Å². The fourth-order valence-corrected chi connectivity index (χ4v) is 2.39. The first kappa shape index (κ1) is 17.0. The van der Waals surface area contributed by atoms with Crippen LogP contribution < -0.4 is 0 Å². The van der Waals surface area contributed by atoms with Gasteiger partial charge in [0.1, 0.15) is 11.2 Å². The van der Waals surface area contributed by atoms with Gasteiger partial charge in [0.25, 0.3) is 0 Å². The average molecular weight is 284 g/mol. The molecule has 4 heteroatoms. The van der Waals surface area contributed by atoms with E-state index in [9.17, 15) is 9.59 Å². The van der Waals surface area contributed by atoms with Crippen molar-refractivity contribution in [2.45, 2.75) is 78.4 Å². The number of ether oxygens (including phenoxy) is 2. The summed E-state index contributed by atoms with van der Waals surface area (Å²) in [7, 11) is 0. The Balaban J connectivity index is 2.58. The van der Waals surface area contributed by atoms with Gasteiger partial charge >= 0.3 is 11.9 Å². The molecule has 4 nitrogen and oxygen atoms in total. The van der Waals surface area contributed by atoms with Crippen molar-refractivity contribution in [2.24, 2.45) is 11.8 Å². The van der Waals surface area contributed by atoms with E-state index < -0.39 is 11.2 Å². The number of carbonyl (C=O) groups excluding carboxylic acids is 2. The maximum Gasteiger partial charge on any atom is 0.309 e. The highest BCUT2D eigenvalue weighted by Crippen LogP contribution is 2.32. The molecule has 20 heavy (non-hydrogen) atoms. The Kier molecular flexibility index (Phi) is 5.22. The second kappa shape index (κ2) is 6.15. The van der Waals surface area contributed by atoms with Crippen LogP contribution in [-0.2, 0) is 19.1 Å². The van der Waals surface area contributed by atoms with Gasteiger partial charge in [-0.2, -0.15) is 0 Å². The summed E-state index contributed by atoms with van der Waals surface area (Å²) in [5.74, 6) is -0.738. The van der Waals surface area contributed by atoms with E-state index in [0.29, 0.717) is 6.42 Å².